The van der Waals surface area contributed by atoms with Crippen molar-refractivity contribution < 1.29 is 14.3 Å². The molecule has 0 aliphatic rings. The zero-order chi connectivity index (χ0) is 19.3. The number of ether oxygens (including phenoxy) is 1. The molecule has 1 heterocycles. The number of hydrogen-bond acceptors (Lipinski definition) is 4. The molecule has 0 N–H and O–H groups in total. The van der Waals surface area contributed by atoms with Gasteiger partial charge in [-0.1, -0.05) is 32.0 Å². The van der Waals surface area contributed by atoms with E-state index < -0.39 is 12.0 Å². The van der Waals surface area contributed by atoms with Crippen LogP contribution in [0.2, 0.25) is 0 Å². The number of pyridine rings is 1. The molecule has 2 rings (SSSR count). The number of amides is 1. The van der Waals surface area contributed by atoms with Crippen molar-refractivity contribution in [2.75, 3.05) is 19.7 Å². The van der Waals surface area contributed by atoms with Gasteiger partial charge in [0.2, 0.25) is 5.91 Å². The Kier molecular flexibility index (Phi) is 6.55. The van der Waals surface area contributed by atoms with Gasteiger partial charge >= 0.3 is 5.97 Å². The highest BCUT2D eigenvalue weighted by Gasteiger charge is 2.25. The van der Waals surface area contributed by atoms with Crippen LogP contribution >= 0.6 is 0 Å². The van der Waals surface area contributed by atoms with Crippen LogP contribution in [0.4, 0.5) is 0 Å². The van der Waals surface area contributed by atoms with Crippen molar-refractivity contribution in [3.8, 4) is 0 Å². The third-order valence-corrected chi connectivity index (χ3v) is 4.14. The number of rotatable bonds is 7. The van der Waals surface area contributed by atoms with Crippen molar-refractivity contribution in [2.24, 2.45) is 5.92 Å². The predicted molar refractivity (Wildman–Crippen MR) is 101 cm³/mol. The molecule has 0 saturated heterocycles. The summed E-state index contributed by atoms with van der Waals surface area (Å²) in [6.07, 6.45) is 1.63. The lowest BCUT2D eigenvalue weighted by Gasteiger charge is -2.27. The lowest BCUT2D eigenvalue weighted by Crippen LogP contribution is -2.43. The van der Waals surface area contributed by atoms with Gasteiger partial charge in [-0.3, -0.25) is 14.4 Å². The van der Waals surface area contributed by atoms with Crippen LogP contribution in [-0.4, -0.2) is 41.0 Å². The fourth-order valence-electron chi connectivity index (χ4n) is 2.93. The molecule has 6 nitrogen and oxygen atoms in total. The largest absolute Gasteiger partial charge is 0.465 e. The zero-order valence-electron chi connectivity index (χ0n) is 15.8. The Balaban J connectivity index is 2.31. The highest BCUT2D eigenvalue weighted by atomic mass is 16.5. The second-order valence-electron chi connectivity index (χ2n) is 6.71. The molecule has 0 saturated carbocycles. The third-order valence-electron chi connectivity index (χ3n) is 4.14. The molecule has 0 spiro atoms. The van der Waals surface area contributed by atoms with Crippen molar-refractivity contribution in [3.05, 3.63) is 46.9 Å². The van der Waals surface area contributed by atoms with Crippen molar-refractivity contribution in [1.82, 2.24) is 9.47 Å². The van der Waals surface area contributed by atoms with E-state index >= 15 is 0 Å². The van der Waals surface area contributed by atoms with Crippen LogP contribution in [0.1, 0.15) is 33.7 Å². The minimum atomic E-state index is -0.708. The number of nitrogens with zero attached hydrogens (tertiary/aromatic N) is 2. The summed E-state index contributed by atoms with van der Waals surface area (Å²) in [7, 11) is 0. The highest BCUT2D eigenvalue weighted by molar-refractivity contribution is 5.85. The number of carbonyl (C=O) groups excluding carboxylic acids is 2. The number of aromatic nitrogens is 1. The normalized spacial score (nSPS) is 12.2. The van der Waals surface area contributed by atoms with E-state index in [2.05, 4.69) is 0 Å². The Bertz CT molecular complexity index is 841. The summed E-state index contributed by atoms with van der Waals surface area (Å²) in [6, 6.07) is 8.38. The molecule has 1 amide bonds. The SMILES string of the molecule is CCOC(=O)CN(CC(C)C)C(=O)C(C)n1ccc2ccccc2c1=O. The van der Waals surface area contributed by atoms with Gasteiger partial charge in [-0.15, -0.1) is 0 Å². The first-order valence-electron chi connectivity index (χ1n) is 8.89. The quantitative estimate of drug-likeness (QED) is 0.714. The van der Waals surface area contributed by atoms with Crippen molar-refractivity contribution in [1.29, 1.82) is 0 Å². The molecule has 0 radical (unpaired) electrons. The Morgan fingerprint density at radius 1 is 1.15 bits per heavy atom. The molecule has 1 aromatic carbocycles. The summed E-state index contributed by atoms with van der Waals surface area (Å²) in [6.45, 7) is 7.92. The maximum atomic E-state index is 13.0. The minimum absolute atomic E-state index is 0.114. The molecular formula is C20H26N2O4. The van der Waals surface area contributed by atoms with E-state index in [-0.39, 0.29) is 30.5 Å². The van der Waals surface area contributed by atoms with Gasteiger partial charge in [0.05, 0.1) is 6.61 Å². The van der Waals surface area contributed by atoms with Crippen LogP contribution < -0.4 is 5.56 Å². The average molecular weight is 358 g/mol. The summed E-state index contributed by atoms with van der Waals surface area (Å²) < 4.78 is 6.39. The fourth-order valence-corrected chi connectivity index (χ4v) is 2.93. The van der Waals surface area contributed by atoms with Gasteiger partial charge in [0.15, 0.2) is 0 Å². The number of fused-ring (bicyclic) bond motifs is 1. The Labute approximate surface area is 153 Å². The van der Waals surface area contributed by atoms with Crippen LogP contribution in [0.15, 0.2) is 41.3 Å². The second kappa shape index (κ2) is 8.65. The van der Waals surface area contributed by atoms with Crippen LogP contribution in [0.5, 0.6) is 0 Å². The van der Waals surface area contributed by atoms with Gasteiger partial charge < -0.3 is 14.2 Å². The standard InChI is InChI=1S/C20H26N2O4/c1-5-26-18(23)13-21(12-14(2)3)19(24)15(4)22-11-10-16-8-6-7-9-17(16)20(22)25/h6-11,14-15H,5,12-13H2,1-4H3. The monoisotopic (exact) mass is 358 g/mol. The summed E-state index contributed by atoms with van der Waals surface area (Å²) in [5.41, 5.74) is -0.218. The smallest absolute Gasteiger partial charge is 0.325 e. The average Bonchev–Trinajstić information content (AvgIpc) is 2.60. The van der Waals surface area contributed by atoms with Crippen molar-refractivity contribution in [3.63, 3.8) is 0 Å². The molecular weight excluding hydrogens is 332 g/mol. The Morgan fingerprint density at radius 2 is 1.85 bits per heavy atom. The van der Waals surface area contributed by atoms with Gasteiger partial charge in [-0.05, 0) is 37.3 Å². The van der Waals surface area contributed by atoms with Gasteiger partial charge in [0.25, 0.3) is 5.56 Å². The van der Waals surface area contributed by atoms with Crippen LogP contribution in [-0.2, 0) is 14.3 Å². The molecule has 140 valence electrons. The Morgan fingerprint density at radius 3 is 2.50 bits per heavy atom. The van der Waals surface area contributed by atoms with Crippen molar-refractivity contribution >= 4 is 22.6 Å². The Hall–Kier alpha value is -2.63. The van der Waals surface area contributed by atoms with E-state index in [1.165, 1.54) is 9.47 Å². The van der Waals surface area contributed by atoms with E-state index in [0.717, 1.165) is 5.39 Å². The van der Waals surface area contributed by atoms with E-state index in [9.17, 15) is 14.4 Å². The first kappa shape index (κ1) is 19.7. The van der Waals surface area contributed by atoms with E-state index in [1.54, 1.807) is 32.2 Å². The minimum Gasteiger partial charge on any atom is -0.465 e. The molecule has 0 fully saturated rings. The summed E-state index contributed by atoms with van der Waals surface area (Å²) in [5.74, 6) is -0.530. The molecule has 26 heavy (non-hydrogen) atoms. The summed E-state index contributed by atoms with van der Waals surface area (Å²) in [5, 5.41) is 1.40. The topological polar surface area (TPSA) is 68.6 Å². The number of carbonyl (C=O) groups is 2. The van der Waals surface area contributed by atoms with Gasteiger partial charge in [0, 0.05) is 18.1 Å². The van der Waals surface area contributed by atoms with Crippen LogP contribution in [0, 0.1) is 5.92 Å². The zero-order valence-corrected chi connectivity index (χ0v) is 15.8. The lowest BCUT2D eigenvalue weighted by molar-refractivity contribution is -0.150. The molecule has 1 atom stereocenters. The number of benzene rings is 1. The highest BCUT2D eigenvalue weighted by Crippen LogP contribution is 2.14. The third kappa shape index (κ3) is 4.50. The molecule has 0 bridgehead atoms. The summed E-state index contributed by atoms with van der Waals surface area (Å²) >= 11 is 0. The molecule has 0 aliphatic heterocycles. The van der Waals surface area contributed by atoms with Crippen LogP contribution in [0.25, 0.3) is 10.8 Å². The predicted octanol–water partition coefficient (Wildman–Crippen LogP) is 2.61. The lowest BCUT2D eigenvalue weighted by atomic mass is 10.1. The van der Waals surface area contributed by atoms with Crippen molar-refractivity contribution in [2.45, 2.75) is 33.7 Å². The molecule has 0 aliphatic carbocycles. The van der Waals surface area contributed by atoms with Gasteiger partial charge in [0.1, 0.15) is 12.6 Å². The maximum Gasteiger partial charge on any atom is 0.325 e. The molecule has 2 aromatic rings. The molecule has 1 unspecified atom stereocenters. The van der Waals surface area contributed by atoms with Gasteiger partial charge in [-0.2, -0.15) is 0 Å². The first-order valence-corrected chi connectivity index (χ1v) is 8.89. The molecule has 1 aromatic heterocycles. The fraction of sp³-hybridized carbons (Fsp3) is 0.450. The van der Waals surface area contributed by atoms with Crippen LogP contribution in [0.3, 0.4) is 0 Å². The second-order valence-corrected chi connectivity index (χ2v) is 6.71. The number of hydrogen-bond donors (Lipinski definition) is 0. The number of esters is 1. The maximum absolute atomic E-state index is 13.0. The van der Waals surface area contributed by atoms with Gasteiger partial charge in [-0.25, -0.2) is 0 Å². The first-order chi connectivity index (χ1) is 12.3. The van der Waals surface area contributed by atoms with E-state index in [0.29, 0.717) is 11.9 Å². The molecule has 6 heteroatoms. The van der Waals surface area contributed by atoms with E-state index in [1.807, 2.05) is 32.0 Å². The van der Waals surface area contributed by atoms with E-state index in [4.69, 9.17) is 4.74 Å². The summed E-state index contributed by atoms with van der Waals surface area (Å²) in [4.78, 5) is 39.0.